The Morgan fingerprint density at radius 3 is 1.50 bits per heavy atom. The monoisotopic (exact) mass is 789 g/mol. The van der Waals surface area contributed by atoms with Crippen molar-refractivity contribution in [1.29, 1.82) is 0 Å². The maximum atomic E-state index is 10.8. The van der Waals surface area contributed by atoms with Gasteiger partial charge >= 0.3 is 0 Å². The van der Waals surface area contributed by atoms with E-state index in [0.29, 0.717) is 65.5 Å². The second kappa shape index (κ2) is 24.0. The first-order valence-electron chi connectivity index (χ1n) is 21.0. The summed E-state index contributed by atoms with van der Waals surface area (Å²) < 4.78 is 50.7. The lowest BCUT2D eigenvalue weighted by atomic mass is 9.74. The molecule has 322 valence electrons. The van der Waals surface area contributed by atoms with Crippen molar-refractivity contribution in [1.82, 2.24) is 0 Å². The van der Waals surface area contributed by atoms with Crippen molar-refractivity contribution in [2.45, 2.75) is 163 Å². The second-order valence-electron chi connectivity index (χ2n) is 18.3. The van der Waals surface area contributed by atoms with Crippen molar-refractivity contribution < 1.29 is 43.0 Å². The zero-order valence-electron chi connectivity index (χ0n) is 37.5. The number of aliphatic hydroxyl groups excluding tert-OH is 1. The zero-order chi connectivity index (χ0) is 41.9. The fourth-order valence-electron chi connectivity index (χ4n) is 6.13. The van der Waals surface area contributed by atoms with E-state index < -0.39 is 22.2 Å². The van der Waals surface area contributed by atoms with Crippen LogP contribution < -0.4 is 9.47 Å². The van der Waals surface area contributed by atoms with Crippen LogP contribution >= 0.6 is 0 Å². The predicted octanol–water partition coefficient (Wildman–Crippen LogP) is 10.1. The van der Waals surface area contributed by atoms with E-state index >= 15 is 0 Å². The molecule has 0 aromatic heterocycles. The van der Waals surface area contributed by atoms with Gasteiger partial charge in [-0.1, -0.05) is 57.2 Å². The fraction of sp³-hybridized carbons (Fsp3) is 0.745. The Kier molecular flexibility index (Phi) is 21.4. The minimum Gasteiger partial charge on any atom is -0.491 e. The van der Waals surface area contributed by atoms with Crippen LogP contribution in [-0.2, 0) is 28.4 Å². The summed E-state index contributed by atoms with van der Waals surface area (Å²) in [5.74, 6) is 1.60. The van der Waals surface area contributed by atoms with Gasteiger partial charge in [0.25, 0.3) is 0 Å². The number of hydrogen-bond donors (Lipinski definition) is 1. The van der Waals surface area contributed by atoms with E-state index in [4.69, 9.17) is 37.9 Å². The van der Waals surface area contributed by atoms with Crippen LogP contribution in [0.2, 0.25) is 0 Å². The van der Waals surface area contributed by atoms with Gasteiger partial charge in [0, 0.05) is 38.1 Å². The molecule has 2 rings (SSSR count). The minimum absolute atomic E-state index is 0.0702. The van der Waals surface area contributed by atoms with Gasteiger partial charge in [-0.3, -0.25) is 0 Å². The highest BCUT2D eigenvalue weighted by atomic mass is 16.6. The second-order valence-corrected chi connectivity index (χ2v) is 18.3. The molecule has 3 unspecified atom stereocenters. The van der Waals surface area contributed by atoms with Gasteiger partial charge in [0.15, 0.2) is 0 Å². The average molecular weight is 789 g/mol. The number of aliphatic hydroxyl groups is 1. The van der Waals surface area contributed by atoms with Crippen LogP contribution in [0, 0.1) is 10.8 Å². The normalized spacial score (nSPS) is 15.2. The summed E-state index contributed by atoms with van der Waals surface area (Å²) in [6, 6.07) is 19.6. The van der Waals surface area contributed by atoms with E-state index in [9.17, 15) is 5.11 Å². The summed E-state index contributed by atoms with van der Waals surface area (Å²) in [7, 11) is 0. The average Bonchev–Trinajstić information content (AvgIpc) is 3.13. The van der Waals surface area contributed by atoms with Crippen molar-refractivity contribution >= 4 is 0 Å². The Morgan fingerprint density at radius 1 is 0.589 bits per heavy atom. The van der Waals surface area contributed by atoms with Crippen molar-refractivity contribution in [3.05, 3.63) is 60.7 Å². The number of para-hydroxylation sites is 2. The van der Waals surface area contributed by atoms with Crippen LogP contribution in [0.4, 0.5) is 0 Å². The van der Waals surface area contributed by atoms with Crippen LogP contribution in [0.5, 0.6) is 11.5 Å². The summed E-state index contributed by atoms with van der Waals surface area (Å²) in [6.45, 7) is 30.6. The summed E-state index contributed by atoms with van der Waals surface area (Å²) in [4.78, 5) is 0. The molecule has 0 spiro atoms. The molecule has 3 atom stereocenters. The van der Waals surface area contributed by atoms with E-state index in [0.717, 1.165) is 24.3 Å². The molecule has 2 aromatic rings. The molecule has 0 radical (unpaired) electrons. The lowest BCUT2D eigenvalue weighted by molar-refractivity contribution is -0.181. The van der Waals surface area contributed by atoms with E-state index in [1.54, 1.807) is 0 Å². The van der Waals surface area contributed by atoms with Crippen LogP contribution in [0.15, 0.2) is 60.7 Å². The van der Waals surface area contributed by atoms with Gasteiger partial charge in [0.05, 0.1) is 61.0 Å². The third-order valence-corrected chi connectivity index (χ3v) is 10.8. The van der Waals surface area contributed by atoms with Crippen LogP contribution in [0.1, 0.15) is 122 Å². The maximum absolute atomic E-state index is 10.8. The number of benzene rings is 2. The van der Waals surface area contributed by atoms with Gasteiger partial charge in [-0.2, -0.15) is 0 Å². The lowest BCUT2D eigenvalue weighted by Crippen LogP contribution is -2.48. The third kappa shape index (κ3) is 19.5. The van der Waals surface area contributed by atoms with Gasteiger partial charge in [-0.05, 0) is 118 Å². The molecule has 9 nitrogen and oxygen atoms in total. The van der Waals surface area contributed by atoms with Gasteiger partial charge < -0.3 is 43.0 Å². The molecule has 0 aliphatic rings. The Hall–Kier alpha value is -2.24. The largest absolute Gasteiger partial charge is 0.491 e. The Labute approximate surface area is 341 Å². The molecule has 1 N–H and O–H groups in total. The van der Waals surface area contributed by atoms with Crippen LogP contribution in [0.3, 0.4) is 0 Å². The number of rotatable bonds is 31. The molecule has 2 aromatic carbocycles. The Balaban J connectivity index is 2.12. The SMILES string of the molecule is CCC(CO)(COC(C)(C)CC(COc1ccccc1)OCCCOC(C)C)COC(C)(C)CC(COc1ccccc1)OC(C)(C)C(C)(C)CCOC(C)C. The molecule has 56 heavy (non-hydrogen) atoms. The highest BCUT2D eigenvalue weighted by molar-refractivity contribution is 5.21. The van der Waals surface area contributed by atoms with E-state index in [-0.39, 0.29) is 36.4 Å². The number of hydrogen-bond acceptors (Lipinski definition) is 9. The van der Waals surface area contributed by atoms with Crippen LogP contribution in [-0.4, -0.2) is 99.2 Å². The van der Waals surface area contributed by atoms with Gasteiger partial charge in [0.1, 0.15) is 24.7 Å². The van der Waals surface area contributed by atoms with Gasteiger partial charge in [-0.15, -0.1) is 0 Å². The predicted molar refractivity (Wildman–Crippen MR) is 227 cm³/mol. The minimum atomic E-state index is -0.603. The molecule has 0 bridgehead atoms. The third-order valence-electron chi connectivity index (χ3n) is 10.8. The molecule has 0 fully saturated rings. The van der Waals surface area contributed by atoms with E-state index in [2.05, 4.69) is 76.2 Å². The first kappa shape index (κ1) is 49.9. The smallest absolute Gasteiger partial charge is 0.119 e. The van der Waals surface area contributed by atoms with Crippen molar-refractivity contribution in [3.8, 4) is 11.5 Å². The van der Waals surface area contributed by atoms with Gasteiger partial charge in [0.2, 0.25) is 0 Å². The highest BCUT2D eigenvalue weighted by Crippen LogP contribution is 2.39. The number of ether oxygens (including phenoxy) is 8. The van der Waals surface area contributed by atoms with Crippen LogP contribution in [0.25, 0.3) is 0 Å². The summed E-state index contributed by atoms with van der Waals surface area (Å²) in [5.41, 5.74) is -2.41. The molecule has 0 saturated carbocycles. The molecule has 9 heteroatoms. The Bertz CT molecular complexity index is 1290. The highest BCUT2D eigenvalue weighted by Gasteiger charge is 2.42. The van der Waals surface area contributed by atoms with Crippen molar-refractivity contribution in [3.63, 3.8) is 0 Å². The van der Waals surface area contributed by atoms with Crippen molar-refractivity contribution in [2.24, 2.45) is 10.8 Å². The molecule has 0 aliphatic carbocycles. The summed E-state index contributed by atoms with van der Waals surface area (Å²) in [6.07, 6.45) is 3.43. The first-order valence-corrected chi connectivity index (χ1v) is 21.0. The summed E-state index contributed by atoms with van der Waals surface area (Å²) in [5, 5.41) is 10.8. The van der Waals surface area contributed by atoms with E-state index in [1.807, 2.05) is 74.5 Å². The first-order chi connectivity index (χ1) is 26.2. The van der Waals surface area contributed by atoms with E-state index in [1.165, 1.54) is 0 Å². The Morgan fingerprint density at radius 2 is 1.04 bits per heavy atom. The zero-order valence-corrected chi connectivity index (χ0v) is 37.5. The summed E-state index contributed by atoms with van der Waals surface area (Å²) >= 11 is 0. The topological polar surface area (TPSA) is 94.1 Å². The maximum Gasteiger partial charge on any atom is 0.119 e. The molecular weight excluding hydrogens is 709 g/mol. The quantitative estimate of drug-likeness (QED) is 0.0750. The molecule has 0 aliphatic heterocycles. The molecule has 0 heterocycles. The van der Waals surface area contributed by atoms with Crippen molar-refractivity contribution in [2.75, 3.05) is 52.9 Å². The van der Waals surface area contributed by atoms with Gasteiger partial charge in [-0.25, -0.2) is 0 Å². The fourth-order valence-corrected chi connectivity index (χ4v) is 6.13. The molecule has 0 saturated heterocycles. The lowest BCUT2D eigenvalue weighted by Gasteiger charge is -2.45. The molecular formula is C47H80O9. The molecule has 0 amide bonds. The standard InChI is InChI=1S/C47H80O9/c1-14-47(34-48,35-54-44(8,9)30-41(51-28-21-27-49-37(2)3)32-52-39-22-17-15-18-23-39)36-55-45(10,11)31-42(33-53-40-24-19-16-20-25-40)56-46(12,13)43(6,7)26-29-50-38(4)5/h15-20,22-25,37-38,41-42,48H,14,21,26-36H2,1-13H3.